The molecule has 0 bridgehead atoms. The van der Waals surface area contributed by atoms with Crippen LogP contribution < -0.4 is 5.32 Å². The lowest BCUT2D eigenvalue weighted by Gasteiger charge is -2.32. The molecule has 3 rings (SSSR count). The van der Waals surface area contributed by atoms with Gasteiger partial charge < -0.3 is 10.2 Å². The highest BCUT2D eigenvalue weighted by Gasteiger charge is 2.33. The highest BCUT2D eigenvalue weighted by molar-refractivity contribution is 7.89. The van der Waals surface area contributed by atoms with Crippen molar-refractivity contribution in [2.45, 2.75) is 43.7 Å². The van der Waals surface area contributed by atoms with Gasteiger partial charge >= 0.3 is 0 Å². The first-order valence-corrected chi connectivity index (χ1v) is 15.4. The molecule has 40 heavy (non-hydrogen) atoms. The topological polar surface area (TPSA) is 86.8 Å². The van der Waals surface area contributed by atoms with Crippen LogP contribution in [-0.2, 0) is 32.6 Å². The molecule has 7 nitrogen and oxygen atoms in total. The number of hydrogen-bond acceptors (Lipinski definition) is 4. The third-order valence-electron chi connectivity index (χ3n) is 6.32. The largest absolute Gasteiger partial charge is 0.354 e. The minimum absolute atomic E-state index is 0.00128. The quantitative estimate of drug-likeness (QED) is 0.243. The lowest BCUT2D eigenvalue weighted by atomic mass is 10.0. The summed E-state index contributed by atoms with van der Waals surface area (Å²) in [5, 5.41) is 3.99. The van der Waals surface area contributed by atoms with Crippen LogP contribution in [0.4, 0.5) is 0 Å². The monoisotopic (exact) mass is 623 g/mol. The number of rotatable bonds is 13. The van der Waals surface area contributed by atoms with Gasteiger partial charge in [-0.25, -0.2) is 8.42 Å². The Hall–Kier alpha value is -2.62. The summed E-state index contributed by atoms with van der Waals surface area (Å²) in [5.74, 6) is -0.869. The summed E-state index contributed by atoms with van der Waals surface area (Å²) in [6.07, 6.45) is 1.91. The zero-order valence-electron chi connectivity index (χ0n) is 22.3. The molecule has 0 aliphatic carbocycles. The number of nitrogens with zero attached hydrogens (tertiary/aromatic N) is 2. The van der Waals surface area contributed by atoms with Gasteiger partial charge in [0.05, 0.1) is 21.5 Å². The SMILES string of the molecule is CCCCNC(=O)C(Cc1ccccc1)N(Cc1ccc(Cl)c(Cl)c1)C(=O)CN(C)S(=O)(=O)c1ccc(Cl)cc1. The van der Waals surface area contributed by atoms with Crippen molar-refractivity contribution >= 4 is 56.6 Å². The van der Waals surface area contributed by atoms with Crippen molar-refractivity contribution in [3.8, 4) is 0 Å². The molecule has 0 saturated carbocycles. The first-order valence-electron chi connectivity index (χ1n) is 12.8. The highest BCUT2D eigenvalue weighted by Crippen LogP contribution is 2.25. The predicted octanol–water partition coefficient (Wildman–Crippen LogP) is 5.82. The third kappa shape index (κ3) is 8.69. The number of carbonyl (C=O) groups excluding carboxylic acids is 2. The number of hydrogen-bond donors (Lipinski definition) is 1. The van der Waals surface area contributed by atoms with Crippen LogP contribution in [0.5, 0.6) is 0 Å². The van der Waals surface area contributed by atoms with E-state index in [9.17, 15) is 18.0 Å². The van der Waals surface area contributed by atoms with E-state index >= 15 is 0 Å². The number of nitrogens with one attached hydrogen (secondary N) is 1. The van der Waals surface area contributed by atoms with Gasteiger partial charge in [-0.3, -0.25) is 9.59 Å². The van der Waals surface area contributed by atoms with Crippen molar-refractivity contribution in [2.24, 2.45) is 0 Å². The molecule has 0 saturated heterocycles. The van der Waals surface area contributed by atoms with Gasteiger partial charge in [0, 0.05) is 31.6 Å². The second-order valence-corrected chi connectivity index (χ2v) is 12.6. The fourth-order valence-corrected chi connectivity index (χ4v) is 5.61. The first kappa shape index (κ1) is 31.9. The number of likely N-dealkylation sites (N-methyl/N-ethyl adjacent to an activating group) is 1. The second kappa shape index (κ2) is 14.8. The van der Waals surface area contributed by atoms with Crippen LogP contribution in [0.25, 0.3) is 0 Å². The van der Waals surface area contributed by atoms with E-state index in [1.165, 1.54) is 36.2 Å². The van der Waals surface area contributed by atoms with E-state index in [1.807, 2.05) is 37.3 Å². The van der Waals surface area contributed by atoms with Crippen molar-refractivity contribution < 1.29 is 18.0 Å². The fourth-order valence-electron chi connectivity index (χ4n) is 4.05. The van der Waals surface area contributed by atoms with Gasteiger partial charge in [-0.1, -0.05) is 84.5 Å². The molecule has 3 aromatic carbocycles. The minimum Gasteiger partial charge on any atom is -0.354 e. The Labute approximate surface area is 251 Å². The Morgan fingerprint density at radius 1 is 0.900 bits per heavy atom. The normalized spacial score (nSPS) is 12.2. The molecule has 0 aromatic heterocycles. The van der Waals surface area contributed by atoms with Gasteiger partial charge in [0.1, 0.15) is 6.04 Å². The molecule has 1 unspecified atom stereocenters. The van der Waals surface area contributed by atoms with E-state index in [-0.39, 0.29) is 23.8 Å². The van der Waals surface area contributed by atoms with E-state index in [0.29, 0.717) is 27.2 Å². The van der Waals surface area contributed by atoms with Crippen molar-refractivity contribution in [1.82, 2.24) is 14.5 Å². The summed E-state index contributed by atoms with van der Waals surface area (Å²) in [6.45, 7) is 2.01. The van der Waals surface area contributed by atoms with Gasteiger partial charge in [-0.15, -0.1) is 0 Å². The summed E-state index contributed by atoms with van der Waals surface area (Å²) < 4.78 is 27.4. The van der Waals surface area contributed by atoms with Gasteiger partial charge in [0.2, 0.25) is 21.8 Å². The van der Waals surface area contributed by atoms with Gasteiger partial charge in [-0.05, 0) is 53.9 Å². The van der Waals surface area contributed by atoms with Crippen molar-refractivity contribution in [2.75, 3.05) is 20.1 Å². The van der Waals surface area contributed by atoms with Crippen LogP contribution in [0, 0.1) is 0 Å². The number of unbranched alkanes of at least 4 members (excludes halogenated alkanes) is 1. The van der Waals surface area contributed by atoms with Gasteiger partial charge in [-0.2, -0.15) is 4.31 Å². The molecular formula is C29H32Cl3N3O4S. The zero-order chi connectivity index (χ0) is 29.3. The second-order valence-electron chi connectivity index (χ2n) is 9.34. The first-order chi connectivity index (χ1) is 19.0. The van der Waals surface area contributed by atoms with E-state index < -0.39 is 28.5 Å². The lowest BCUT2D eigenvalue weighted by molar-refractivity contribution is -0.141. The maximum atomic E-state index is 13.9. The summed E-state index contributed by atoms with van der Waals surface area (Å²) in [7, 11) is -2.68. The van der Waals surface area contributed by atoms with Crippen molar-refractivity contribution in [3.63, 3.8) is 0 Å². The van der Waals surface area contributed by atoms with E-state index in [2.05, 4.69) is 5.32 Å². The number of amides is 2. The summed E-state index contributed by atoms with van der Waals surface area (Å²) in [6, 6.07) is 19.1. The molecule has 0 fully saturated rings. The Balaban J connectivity index is 1.97. The third-order valence-corrected chi connectivity index (χ3v) is 9.13. The van der Waals surface area contributed by atoms with Crippen LogP contribution in [0.3, 0.4) is 0 Å². The molecule has 11 heteroatoms. The Morgan fingerprint density at radius 3 is 2.20 bits per heavy atom. The lowest BCUT2D eigenvalue weighted by Crippen LogP contribution is -2.53. The molecule has 1 atom stereocenters. The molecule has 214 valence electrons. The average molecular weight is 625 g/mol. The van der Waals surface area contributed by atoms with Crippen molar-refractivity contribution in [1.29, 1.82) is 0 Å². The molecule has 3 aromatic rings. The van der Waals surface area contributed by atoms with Crippen LogP contribution in [0.2, 0.25) is 15.1 Å². The standard InChI is InChI=1S/C29H32Cl3N3O4S/c1-3-4-16-33-29(37)27(18-21-8-6-5-7-9-21)35(19-22-10-15-25(31)26(32)17-22)28(36)20-34(2)40(38,39)24-13-11-23(30)12-14-24/h5-15,17,27H,3-4,16,18-20H2,1-2H3,(H,33,37). The van der Waals surface area contributed by atoms with Crippen LogP contribution in [0.1, 0.15) is 30.9 Å². The maximum Gasteiger partial charge on any atom is 0.243 e. The number of benzene rings is 3. The number of carbonyl (C=O) groups is 2. The Kier molecular flexibility index (Phi) is 11.8. The highest BCUT2D eigenvalue weighted by atomic mass is 35.5. The van der Waals surface area contributed by atoms with E-state index in [4.69, 9.17) is 34.8 Å². The maximum absolute atomic E-state index is 13.9. The molecule has 0 radical (unpaired) electrons. The summed E-state index contributed by atoms with van der Waals surface area (Å²) in [5.41, 5.74) is 1.50. The summed E-state index contributed by atoms with van der Waals surface area (Å²) in [4.78, 5) is 28.8. The number of sulfonamides is 1. The Bertz CT molecular complexity index is 1400. The molecular weight excluding hydrogens is 593 g/mol. The minimum atomic E-state index is -4.00. The van der Waals surface area contributed by atoms with E-state index in [0.717, 1.165) is 22.7 Å². The van der Waals surface area contributed by atoms with E-state index in [1.54, 1.807) is 18.2 Å². The van der Waals surface area contributed by atoms with Gasteiger partial charge in [0.15, 0.2) is 0 Å². The molecule has 2 amide bonds. The van der Waals surface area contributed by atoms with Crippen LogP contribution in [0.15, 0.2) is 77.7 Å². The molecule has 1 N–H and O–H groups in total. The van der Waals surface area contributed by atoms with Gasteiger partial charge in [0.25, 0.3) is 0 Å². The Morgan fingerprint density at radius 2 is 1.57 bits per heavy atom. The molecule has 0 aliphatic rings. The van der Waals surface area contributed by atoms with Crippen LogP contribution >= 0.6 is 34.8 Å². The molecule has 0 aliphatic heterocycles. The molecule has 0 heterocycles. The number of halogens is 3. The van der Waals surface area contributed by atoms with Crippen molar-refractivity contribution in [3.05, 3.63) is 99.0 Å². The molecule has 0 spiro atoms. The fraction of sp³-hybridized carbons (Fsp3) is 0.310. The average Bonchev–Trinajstić information content (AvgIpc) is 2.93. The zero-order valence-corrected chi connectivity index (χ0v) is 25.4. The summed E-state index contributed by atoms with van der Waals surface area (Å²) >= 11 is 18.3. The smallest absolute Gasteiger partial charge is 0.243 e. The predicted molar refractivity (Wildman–Crippen MR) is 160 cm³/mol. The van der Waals surface area contributed by atoms with Crippen LogP contribution in [-0.4, -0.2) is 55.6 Å².